The zero-order chi connectivity index (χ0) is 14.8. The average Bonchev–Trinajstić information content (AvgIpc) is 2.76. The molecule has 0 aliphatic rings. The Balaban J connectivity index is 2.42. The standard InChI is InChI=1S/C16H22N2O2/c1-16(2,15(19)20-3)11-18-10-12(8-9-17)13-6-4-5-7-14(13)18/h4-7,10H,8-9,11,17H2,1-3H3. The number of aromatic nitrogens is 1. The Hall–Kier alpha value is -1.81. The molecule has 4 heteroatoms. The summed E-state index contributed by atoms with van der Waals surface area (Å²) in [4.78, 5) is 11.9. The van der Waals surface area contributed by atoms with Crippen molar-refractivity contribution in [2.24, 2.45) is 11.1 Å². The molecule has 0 saturated heterocycles. The first kappa shape index (κ1) is 14.6. The summed E-state index contributed by atoms with van der Waals surface area (Å²) in [5.74, 6) is -0.198. The molecule has 0 spiro atoms. The van der Waals surface area contributed by atoms with Gasteiger partial charge < -0.3 is 15.0 Å². The van der Waals surface area contributed by atoms with Crippen LogP contribution in [0.25, 0.3) is 10.9 Å². The molecule has 0 atom stereocenters. The number of carbonyl (C=O) groups is 1. The molecule has 0 aliphatic heterocycles. The predicted octanol–water partition coefficient (Wildman–Crippen LogP) is 2.34. The van der Waals surface area contributed by atoms with E-state index in [1.807, 2.05) is 26.0 Å². The molecule has 0 fully saturated rings. The van der Waals surface area contributed by atoms with Crippen LogP contribution in [0.3, 0.4) is 0 Å². The van der Waals surface area contributed by atoms with E-state index in [1.54, 1.807) is 0 Å². The molecule has 0 amide bonds. The Morgan fingerprint density at radius 2 is 2.05 bits per heavy atom. The zero-order valence-corrected chi connectivity index (χ0v) is 12.3. The van der Waals surface area contributed by atoms with E-state index >= 15 is 0 Å². The lowest BCUT2D eigenvalue weighted by molar-refractivity contribution is -0.151. The van der Waals surface area contributed by atoms with Crippen molar-refractivity contribution in [1.82, 2.24) is 4.57 Å². The molecule has 108 valence electrons. The van der Waals surface area contributed by atoms with Gasteiger partial charge >= 0.3 is 5.97 Å². The van der Waals surface area contributed by atoms with Crippen LogP contribution < -0.4 is 5.73 Å². The van der Waals surface area contributed by atoms with Gasteiger partial charge in [-0.3, -0.25) is 4.79 Å². The molecule has 0 aliphatic carbocycles. The van der Waals surface area contributed by atoms with E-state index in [-0.39, 0.29) is 5.97 Å². The number of esters is 1. The molecular weight excluding hydrogens is 252 g/mol. The largest absolute Gasteiger partial charge is 0.469 e. The molecule has 1 heterocycles. The van der Waals surface area contributed by atoms with Crippen LogP contribution in [0.1, 0.15) is 19.4 Å². The van der Waals surface area contributed by atoms with E-state index in [2.05, 4.69) is 22.9 Å². The number of hydrogen-bond acceptors (Lipinski definition) is 3. The molecule has 0 unspecified atom stereocenters. The third kappa shape index (κ3) is 2.70. The highest BCUT2D eigenvalue weighted by atomic mass is 16.5. The van der Waals surface area contributed by atoms with Gasteiger partial charge in [-0.1, -0.05) is 18.2 Å². The lowest BCUT2D eigenvalue weighted by Gasteiger charge is -2.22. The van der Waals surface area contributed by atoms with Crippen molar-refractivity contribution in [3.63, 3.8) is 0 Å². The number of nitrogens with two attached hydrogens (primary N) is 1. The van der Waals surface area contributed by atoms with Gasteiger partial charge in [0, 0.05) is 23.6 Å². The van der Waals surface area contributed by atoms with Crippen molar-refractivity contribution < 1.29 is 9.53 Å². The van der Waals surface area contributed by atoms with E-state index in [0.29, 0.717) is 13.1 Å². The molecule has 20 heavy (non-hydrogen) atoms. The normalized spacial score (nSPS) is 11.8. The third-order valence-electron chi connectivity index (χ3n) is 3.59. The number of benzene rings is 1. The first-order valence-corrected chi connectivity index (χ1v) is 6.85. The fraction of sp³-hybridized carbons (Fsp3) is 0.438. The number of hydrogen-bond donors (Lipinski definition) is 1. The van der Waals surface area contributed by atoms with Gasteiger partial charge in [-0.05, 0) is 38.4 Å². The van der Waals surface area contributed by atoms with Crippen LogP contribution in [0.2, 0.25) is 0 Å². The smallest absolute Gasteiger partial charge is 0.313 e. The first-order valence-electron chi connectivity index (χ1n) is 6.85. The Bertz CT molecular complexity index is 614. The Kier molecular flexibility index (Phi) is 4.14. The minimum absolute atomic E-state index is 0.198. The van der Waals surface area contributed by atoms with Crippen LogP contribution in [-0.4, -0.2) is 24.2 Å². The van der Waals surface area contributed by atoms with E-state index in [9.17, 15) is 4.79 Å². The van der Waals surface area contributed by atoms with Crippen molar-refractivity contribution in [3.8, 4) is 0 Å². The molecule has 2 N–H and O–H groups in total. The predicted molar refractivity (Wildman–Crippen MR) is 80.5 cm³/mol. The Labute approximate surface area is 119 Å². The van der Waals surface area contributed by atoms with Crippen molar-refractivity contribution >= 4 is 16.9 Å². The monoisotopic (exact) mass is 274 g/mol. The molecule has 0 bridgehead atoms. The van der Waals surface area contributed by atoms with E-state index in [1.165, 1.54) is 18.1 Å². The summed E-state index contributed by atoms with van der Waals surface area (Å²) in [6, 6.07) is 8.21. The lowest BCUT2D eigenvalue weighted by atomic mass is 9.93. The summed E-state index contributed by atoms with van der Waals surface area (Å²) in [6.07, 6.45) is 2.94. The van der Waals surface area contributed by atoms with Crippen molar-refractivity contribution in [1.29, 1.82) is 0 Å². The third-order valence-corrected chi connectivity index (χ3v) is 3.59. The number of nitrogens with zero attached hydrogens (tertiary/aromatic N) is 1. The fourth-order valence-electron chi connectivity index (χ4n) is 2.58. The molecule has 1 aromatic carbocycles. The summed E-state index contributed by atoms with van der Waals surface area (Å²) in [6.45, 7) is 5.01. The fourth-order valence-corrected chi connectivity index (χ4v) is 2.58. The number of carbonyl (C=O) groups excluding carboxylic acids is 1. The molecule has 2 rings (SSSR count). The van der Waals surface area contributed by atoms with Crippen LogP contribution in [0, 0.1) is 5.41 Å². The van der Waals surface area contributed by atoms with Crippen LogP contribution in [0.15, 0.2) is 30.5 Å². The maximum atomic E-state index is 11.9. The van der Waals surface area contributed by atoms with Crippen molar-refractivity contribution in [3.05, 3.63) is 36.0 Å². The lowest BCUT2D eigenvalue weighted by Crippen LogP contribution is -2.30. The summed E-state index contributed by atoms with van der Waals surface area (Å²) < 4.78 is 7.00. The minimum Gasteiger partial charge on any atom is -0.469 e. The van der Waals surface area contributed by atoms with E-state index in [4.69, 9.17) is 10.5 Å². The SMILES string of the molecule is COC(=O)C(C)(C)Cn1cc(CCN)c2ccccc21. The summed E-state index contributed by atoms with van der Waals surface area (Å²) in [5, 5.41) is 1.21. The Morgan fingerprint density at radius 1 is 1.35 bits per heavy atom. The maximum absolute atomic E-state index is 11.9. The first-order chi connectivity index (χ1) is 9.49. The molecule has 0 radical (unpaired) electrons. The quantitative estimate of drug-likeness (QED) is 0.851. The Morgan fingerprint density at radius 3 is 2.70 bits per heavy atom. The summed E-state index contributed by atoms with van der Waals surface area (Å²) in [5.41, 5.74) is 7.47. The highest BCUT2D eigenvalue weighted by Gasteiger charge is 2.29. The zero-order valence-electron chi connectivity index (χ0n) is 12.3. The van der Waals surface area contributed by atoms with E-state index < -0.39 is 5.41 Å². The molecule has 1 aromatic heterocycles. The highest BCUT2D eigenvalue weighted by molar-refractivity contribution is 5.84. The average molecular weight is 274 g/mol. The van der Waals surface area contributed by atoms with Crippen LogP contribution in [0.5, 0.6) is 0 Å². The van der Waals surface area contributed by atoms with Crippen LogP contribution in [0.4, 0.5) is 0 Å². The maximum Gasteiger partial charge on any atom is 0.313 e. The number of ether oxygens (including phenoxy) is 1. The van der Waals surface area contributed by atoms with Crippen molar-refractivity contribution in [2.75, 3.05) is 13.7 Å². The van der Waals surface area contributed by atoms with Crippen LogP contribution >= 0.6 is 0 Å². The van der Waals surface area contributed by atoms with Gasteiger partial charge in [0.2, 0.25) is 0 Å². The molecule has 2 aromatic rings. The highest BCUT2D eigenvalue weighted by Crippen LogP contribution is 2.27. The topological polar surface area (TPSA) is 57.2 Å². The molecule has 4 nitrogen and oxygen atoms in total. The van der Waals surface area contributed by atoms with Crippen molar-refractivity contribution in [2.45, 2.75) is 26.8 Å². The number of para-hydroxylation sites is 1. The van der Waals surface area contributed by atoms with Gasteiger partial charge in [-0.2, -0.15) is 0 Å². The molecular formula is C16H22N2O2. The minimum atomic E-state index is -0.559. The molecule has 0 saturated carbocycles. The van der Waals surface area contributed by atoms with Gasteiger partial charge in [-0.15, -0.1) is 0 Å². The number of fused-ring (bicyclic) bond motifs is 1. The second-order valence-electron chi connectivity index (χ2n) is 5.71. The summed E-state index contributed by atoms with van der Waals surface area (Å²) in [7, 11) is 1.43. The number of methoxy groups -OCH3 is 1. The van der Waals surface area contributed by atoms with Gasteiger partial charge in [-0.25, -0.2) is 0 Å². The van der Waals surface area contributed by atoms with Gasteiger partial charge in [0.15, 0.2) is 0 Å². The van der Waals surface area contributed by atoms with E-state index in [0.717, 1.165) is 11.9 Å². The summed E-state index contributed by atoms with van der Waals surface area (Å²) >= 11 is 0. The van der Waals surface area contributed by atoms with Gasteiger partial charge in [0.25, 0.3) is 0 Å². The number of rotatable bonds is 5. The second-order valence-corrected chi connectivity index (χ2v) is 5.71. The van der Waals surface area contributed by atoms with Gasteiger partial charge in [0.1, 0.15) is 0 Å². The second kappa shape index (κ2) is 5.67. The van der Waals surface area contributed by atoms with Crippen LogP contribution in [-0.2, 0) is 22.5 Å². The van der Waals surface area contributed by atoms with Gasteiger partial charge in [0.05, 0.1) is 12.5 Å².